The maximum atomic E-state index is 10.5. The van der Waals surface area contributed by atoms with Gasteiger partial charge in [0.05, 0.1) is 11.5 Å². The lowest BCUT2D eigenvalue weighted by molar-refractivity contribution is 0.112. The van der Waals surface area contributed by atoms with Crippen molar-refractivity contribution in [1.29, 1.82) is 0 Å². The molecule has 0 aliphatic heterocycles. The Hall–Kier alpha value is -1.81. The standard InChI is InChI=1S/C13H12O3S/c1-2-15-10-3-5-11(6-4-10)16-13-8-7-12(9-14)17-13/h3-9H,2H2,1H3. The Morgan fingerprint density at radius 2 is 1.82 bits per heavy atom. The van der Waals surface area contributed by atoms with E-state index in [2.05, 4.69) is 0 Å². The summed E-state index contributed by atoms with van der Waals surface area (Å²) in [5.74, 6) is 1.55. The van der Waals surface area contributed by atoms with Crippen molar-refractivity contribution in [2.75, 3.05) is 6.61 Å². The fourth-order valence-corrected chi connectivity index (χ4v) is 2.03. The fourth-order valence-electron chi connectivity index (χ4n) is 1.34. The number of hydrogen-bond acceptors (Lipinski definition) is 4. The van der Waals surface area contributed by atoms with Gasteiger partial charge in [-0.05, 0) is 43.3 Å². The summed E-state index contributed by atoms with van der Waals surface area (Å²) in [6.07, 6.45) is 0.815. The van der Waals surface area contributed by atoms with Gasteiger partial charge in [0.2, 0.25) is 0 Å². The Morgan fingerprint density at radius 3 is 2.41 bits per heavy atom. The molecule has 0 aliphatic rings. The molecule has 1 aromatic carbocycles. The molecule has 1 heterocycles. The van der Waals surface area contributed by atoms with E-state index in [-0.39, 0.29) is 0 Å². The minimum absolute atomic E-state index is 0.647. The van der Waals surface area contributed by atoms with Crippen LogP contribution in [0.15, 0.2) is 36.4 Å². The third-order valence-corrected chi connectivity index (χ3v) is 2.96. The van der Waals surface area contributed by atoms with E-state index < -0.39 is 0 Å². The van der Waals surface area contributed by atoms with Gasteiger partial charge in [-0.1, -0.05) is 11.3 Å². The second-order valence-electron chi connectivity index (χ2n) is 3.28. The number of hydrogen-bond donors (Lipinski definition) is 0. The van der Waals surface area contributed by atoms with E-state index in [1.54, 1.807) is 12.1 Å². The van der Waals surface area contributed by atoms with Crippen molar-refractivity contribution < 1.29 is 14.3 Å². The van der Waals surface area contributed by atoms with Gasteiger partial charge >= 0.3 is 0 Å². The summed E-state index contributed by atoms with van der Waals surface area (Å²) in [4.78, 5) is 11.2. The summed E-state index contributed by atoms with van der Waals surface area (Å²) in [6.45, 7) is 2.59. The lowest BCUT2D eigenvalue weighted by atomic mass is 10.3. The zero-order valence-electron chi connectivity index (χ0n) is 9.38. The normalized spacial score (nSPS) is 9.94. The molecule has 17 heavy (non-hydrogen) atoms. The van der Waals surface area contributed by atoms with Crippen molar-refractivity contribution in [1.82, 2.24) is 0 Å². The van der Waals surface area contributed by atoms with Gasteiger partial charge in [0.25, 0.3) is 0 Å². The molecule has 1 aromatic heterocycles. The maximum Gasteiger partial charge on any atom is 0.181 e. The highest BCUT2D eigenvalue weighted by Gasteiger charge is 2.02. The lowest BCUT2D eigenvalue weighted by Gasteiger charge is -2.05. The zero-order valence-corrected chi connectivity index (χ0v) is 10.2. The maximum absolute atomic E-state index is 10.5. The Kier molecular flexibility index (Phi) is 3.77. The molecule has 3 nitrogen and oxygen atoms in total. The zero-order chi connectivity index (χ0) is 12.1. The second-order valence-corrected chi connectivity index (χ2v) is 4.36. The highest BCUT2D eigenvalue weighted by Crippen LogP contribution is 2.29. The molecule has 2 aromatic rings. The molecule has 0 saturated carbocycles. The molecular formula is C13H12O3S. The van der Waals surface area contributed by atoms with Crippen molar-refractivity contribution in [3.63, 3.8) is 0 Å². The van der Waals surface area contributed by atoms with Crippen molar-refractivity contribution in [2.24, 2.45) is 0 Å². The van der Waals surface area contributed by atoms with Gasteiger partial charge in [-0.3, -0.25) is 4.79 Å². The third kappa shape index (κ3) is 3.07. The van der Waals surface area contributed by atoms with Gasteiger partial charge in [-0.15, -0.1) is 0 Å². The SMILES string of the molecule is CCOc1ccc(Oc2ccc(C=O)s2)cc1. The fraction of sp³-hybridized carbons (Fsp3) is 0.154. The van der Waals surface area contributed by atoms with E-state index in [4.69, 9.17) is 9.47 Å². The summed E-state index contributed by atoms with van der Waals surface area (Å²) in [5.41, 5.74) is 0. The molecule has 88 valence electrons. The molecule has 0 N–H and O–H groups in total. The van der Waals surface area contributed by atoms with E-state index >= 15 is 0 Å². The quantitative estimate of drug-likeness (QED) is 0.756. The smallest absolute Gasteiger partial charge is 0.181 e. The van der Waals surface area contributed by atoms with Crippen molar-refractivity contribution in [3.8, 4) is 16.6 Å². The number of carbonyl (C=O) groups excluding carboxylic acids is 1. The Bertz CT molecular complexity index is 488. The molecule has 0 atom stereocenters. The molecule has 0 spiro atoms. The third-order valence-electron chi connectivity index (χ3n) is 2.07. The average molecular weight is 248 g/mol. The van der Waals surface area contributed by atoms with Crippen LogP contribution in [0, 0.1) is 0 Å². The first kappa shape index (κ1) is 11.7. The molecule has 0 aliphatic carbocycles. The minimum Gasteiger partial charge on any atom is -0.494 e. The lowest BCUT2D eigenvalue weighted by Crippen LogP contribution is -1.90. The van der Waals surface area contributed by atoms with Crippen molar-refractivity contribution >= 4 is 17.6 Å². The van der Waals surface area contributed by atoms with Crippen LogP contribution in [-0.4, -0.2) is 12.9 Å². The summed E-state index contributed by atoms with van der Waals surface area (Å²) >= 11 is 1.32. The number of ether oxygens (including phenoxy) is 2. The molecule has 2 rings (SSSR count). The molecule has 0 unspecified atom stereocenters. The highest BCUT2D eigenvalue weighted by molar-refractivity contribution is 7.15. The highest BCUT2D eigenvalue weighted by atomic mass is 32.1. The second kappa shape index (κ2) is 5.50. The Labute approximate surface area is 104 Å². The largest absolute Gasteiger partial charge is 0.494 e. The van der Waals surface area contributed by atoms with Crippen LogP contribution in [0.3, 0.4) is 0 Å². The van der Waals surface area contributed by atoms with Crippen LogP contribution >= 0.6 is 11.3 Å². The molecular weight excluding hydrogens is 236 g/mol. The van der Waals surface area contributed by atoms with Crippen LogP contribution in [0.4, 0.5) is 0 Å². The summed E-state index contributed by atoms with van der Waals surface area (Å²) in [7, 11) is 0. The van der Waals surface area contributed by atoms with Crippen LogP contribution in [0.2, 0.25) is 0 Å². The van der Waals surface area contributed by atoms with Gasteiger partial charge in [0.1, 0.15) is 11.5 Å². The van der Waals surface area contributed by atoms with E-state index in [0.717, 1.165) is 17.8 Å². The number of aldehydes is 1. The van der Waals surface area contributed by atoms with Crippen molar-refractivity contribution in [3.05, 3.63) is 41.3 Å². The predicted molar refractivity (Wildman–Crippen MR) is 67.4 cm³/mol. The van der Waals surface area contributed by atoms with Crippen LogP contribution < -0.4 is 9.47 Å². The molecule has 4 heteroatoms. The van der Waals surface area contributed by atoms with E-state index in [9.17, 15) is 4.79 Å². The monoisotopic (exact) mass is 248 g/mol. The summed E-state index contributed by atoms with van der Waals surface area (Å²) in [5, 5.41) is 0.705. The van der Waals surface area contributed by atoms with Gasteiger partial charge in [-0.2, -0.15) is 0 Å². The van der Waals surface area contributed by atoms with Gasteiger partial charge < -0.3 is 9.47 Å². The number of rotatable bonds is 5. The van der Waals surface area contributed by atoms with Gasteiger partial charge in [-0.25, -0.2) is 0 Å². The van der Waals surface area contributed by atoms with E-state index in [0.29, 0.717) is 16.5 Å². The summed E-state index contributed by atoms with van der Waals surface area (Å²) < 4.78 is 10.9. The molecule has 0 amide bonds. The van der Waals surface area contributed by atoms with E-state index in [1.165, 1.54) is 11.3 Å². The van der Waals surface area contributed by atoms with Gasteiger partial charge in [0.15, 0.2) is 11.3 Å². The molecule has 0 radical (unpaired) electrons. The number of carbonyl (C=O) groups is 1. The first-order valence-electron chi connectivity index (χ1n) is 5.27. The predicted octanol–water partition coefficient (Wildman–Crippen LogP) is 3.75. The first-order valence-corrected chi connectivity index (χ1v) is 6.09. The number of benzene rings is 1. The van der Waals surface area contributed by atoms with Crippen molar-refractivity contribution in [2.45, 2.75) is 6.92 Å². The molecule has 0 bridgehead atoms. The van der Waals surface area contributed by atoms with Crippen LogP contribution in [0.5, 0.6) is 16.6 Å². The average Bonchev–Trinajstić information content (AvgIpc) is 2.80. The molecule has 0 fully saturated rings. The topological polar surface area (TPSA) is 35.5 Å². The minimum atomic E-state index is 0.647. The van der Waals surface area contributed by atoms with Gasteiger partial charge in [0, 0.05) is 0 Å². The molecule has 0 saturated heterocycles. The Morgan fingerprint density at radius 1 is 1.12 bits per heavy atom. The summed E-state index contributed by atoms with van der Waals surface area (Å²) in [6, 6.07) is 10.9. The Balaban J connectivity index is 2.05. The first-order chi connectivity index (χ1) is 8.31. The van der Waals surface area contributed by atoms with Crippen LogP contribution in [-0.2, 0) is 0 Å². The number of thiophene rings is 1. The van der Waals surface area contributed by atoms with Crippen LogP contribution in [0.25, 0.3) is 0 Å². The van der Waals surface area contributed by atoms with Crippen LogP contribution in [0.1, 0.15) is 16.6 Å². The van der Waals surface area contributed by atoms with E-state index in [1.807, 2.05) is 31.2 Å².